The zero-order valence-corrected chi connectivity index (χ0v) is 7.32. The van der Waals surface area contributed by atoms with E-state index < -0.39 is 0 Å². The first kappa shape index (κ1) is 8.24. The van der Waals surface area contributed by atoms with Crippen molar-refractivity contribution in [3.63, 3.8) is 0 Å². The van der Waals surface area contributed by atoms with Crippen LogP contribution in [0.1, 0.15) is 26.2 Å². The fourth-order valence-electron chi connectivity index (χ4n) is 1.06. The Morgan fingerprint density at radius 2 is 2.27 bits per heavy atom. The van der Waals surface area contributed by atoms with Gasteiger partial charge in [-0.2, -0.15) is 0 Å². The molecule has 1 aromatic rings. The standard InChI is InChI=1S/C8H16N3/c1-3-4-5-6-11-8-7-10(2)9-11/h7-8H,3-6H2,1-2H3/q+1. The third-order valence-corrected chi connectivity index (χ3v) is 1.70. The van der Waals surface area contributed by atoms with Gasteiger partial charge in [0.05, 0.1) is 5.21 Å². The molecule has 0 aliphatic carbocycles. The Balaban J connectivity index is 2.27. The van der Waals surface area contributed by atoms with E-state index in [0.29, 0.717) is 0 Å². The van der Waals surface area contributed by atoms with Crippen LogP contribution in [-0.4, -0.2) is 9.90 Å². The molecule has 1 aromatic heterocycles. The first-order valence-electron chi connectivity index (χ1n) is 4.22. The van der Waals surface area contributed by atoms with Crippen LogP contribution >= 0.6 is 0 Å². The topological polar surface area (TPSA) is 21.7 Å². The third-order valence-electron chi connectivity index (χ3n) is 1.70. The van der Waals surface area contributed by atoms with Crippen LogP contribution in [0.4, 0.5) is 0 Å². The molecule has 0 bridgehead atoms. The summed E-state index contributed by atoms with van der Waals surface area (Å²) in [5.74, 6) is 0. The minimum Gasteiger partial charge on any atom is -0.141 e. The Hall–Kier alpha value is -0.860. The van der Waals surface area contributed by atoms with E-state index in [4.69, 9.17) is 0 Å². The number of nitrogens with zero attached hydrogens (tertiary/aromatic N) is 3. The molecular weight excluding hydrogens is 138 g/mol. The largest absolute Gasteiger partial charge is 0.155 e. The maximum absolute atomic E-state index is 4.22. The Morgan fingerprint density at radius 1 is 1.45 bits per heavy atom. The lowest BCUT2D eigenvalue weighted by Crippen LogP contribution is -2.30. The van der Waals surface area contributed by atoms with Gasteiger partial charge in [-0.3, -0.25) is 0 Å². The molecule has 0 saturated carbocycles. The van der Waals surface area contributed by atoms with Crippen LogP contribution < -0.4 is 4.68 Å². The summed E-state index contributed by atoms with van der Waals surface area (Å²) in [6.45, 7) is 3.26. The molecule has 0 aliphatic heterocycles. The summed E-state index contributed by atoms with van der Waals surface area (Å²) in [6, 6.07) is 0. The molecule has 0 spiro atoms. The molecule has 1 heterocycles. The van der Waals surface area contributed by atoms with Crippen molar-refractivity contribution in [3.05, 3.63) is 12.4 Å². The summed E-state index contributed by atoms with van der Waals surface area (Å²) in [7, 11) is 1.94. The quantitative estimate of drug-likeness (QED) is 0.466. The Morgan fingerprint density at radius 3 is 2.82 bits per heavy atom. The van der Waals surface area contributed by atoms with E-state index >= 15 is 0 Å². The maximum atomic E-state index is 4.22. The van der Waals surface area contributed by atoms with Gasteiger partial charge in [0.15, 0.2) is 12.4 Å². The third kappa shape index (κ3) is 2.70. The Kier molecular flexibility index (Phi) is 3.08. The molecule has 0 saturated heterocycles. The minimum atomic E-state index is 1.05. The number of rotatable bonds is 4. The van der Waals surface area contributed by atoms with E-state index in [0.717, 1.165) is 6.54 Å². The predicted molar refractivity (Wildman–Crippen MR) is 42.9 cm³/mol. The zero-order chi connectivity index (χ0) is 8.10. The highest BCUT2D eigenvalue weighted by atomic mass is 15.5. The Labute approximate surface area is 67.6 Å². The molecule has 3 nitrogen and oxygen atoms in total. The van der Waals surface area contributed by atoms with Gasteiger partial charge in [-0.15, -0.1) is 9.36 Å². The molecule has 0 fully saturated rings. The number of aromatic nitrogens is 3. The summed E-state index contributed by atoms with van der Waals surface area (Å²) >= 11 is 0. The van der Waals surface area contributed by atoms with Crippen molar-refractivity contribution in [2.45, 2.75) is 32.7 Å². The van der Waals surface area contributed by atoms with Crippen LogP contribution in [0.15, 0.2) is 12.4 Å². The number of aryl methyl sites for hydroxylation is 2. The van der Waals surface area contributed by atoms with Crippen molar-refractivity contribution in [1.29, 1.82) is 0 Å². The van der Waals surface area contributed by atoms with Gasteiger partial charge in [0.2, 0.25) is 0 Å². The van der Waals surface area contributed by atoms with Crippen molar-refractivity contribution >= 4 is 0 Å². The minimum absolute atomic E-state index is 1.05. The monoisotopic (exact) mass is 154 g/mol. The van der Waals surface area contributed by atoms with Gasteiger partial charge in [-0.05, 0) is 12.8 Å². The molecule has 0 amide bonds. The van der Waals surface area contributed by atoms with Crippen LogP contribution in [0.5, 0.6) is 0 Å². The second-order valence-electron chi connectivity index (χ2n) is 2.83. The lowest BCUT2D eigenvalue weighted by molar-refractivity contribution is -0.732. The smallest absolute Gasteiger partial charge is 0.141 e. The van der Waals surface area contributed by atoms with Gasteiger partial charge in [-0.25, -0.2) is 0 Å². The number of unbranched alkanes of at least 4 members (excludes halogenated alkanes) is 2. The van der Waals surface area contributed by atoms with Gasteiger partial charge < -0.3 is 0 Å². The molecule has 11 heavy (non-hydrogen) atoms. The van der Waals surface area contributed by atoms with Crippen LogP contribution in [0.2, 0.25) is 0 Å². The highest BCUT2D eigenvalue weighted by Gasteiger charge is 1.99. The summed E-state index contributed by atoms with van der Waals surface area (Å²) in [5.41, 5.74) is 0. The van der Waals surface area contributed by atoms with Gasteiger partial charge in [0, 0.05) is 0 Å². The first-order chi connectivity index (χ1) is 5.33. The molecule has 0 aromatic carbocycles. The zero-order valence-electron chi connectivity index (χ0n) is 7.32. The Bertz CT molecular complexity index is 205. The van der Waals surface area contributed by atoms with Crippen molar-refractivity contribution in [2.24, 2.45) is 7.05 Å². The number of hydrogen-bond donors (Lipinski definition) is 0. The molecule has 3 heteroatoms. The van der Waals surface area contributed by atoms with Crippen molar-refractivity contribution in [1.82, 2.24) is 9.90 Å². The summed E-state index contributed by atoms with van der Waals surface area (Å²) in [6.07, 6.45) is 7.77. The van der Waals surface area contributed by atoms with Crippen molar-refractivity contribution in [3.8, 4) is 0 Å². The molecule has 0 radical (unpaired) electrons. The van der Waals surface area contributed by atoms with Crippen molar-refractivity contribution in [2.75, 3.05) is 0 Å². The van der Waals surface area contributed by atoms with E-state index in [1.54, 1.807) is 0 Å². The second-order valence-corrected chi connectivity index (χ2v) is 2.83. The highest BCUT2D eigenvalue weighted by Crippen LogP contribution is 1.95. The SMILES string of the molecule is CCCCCn1cc[n+](C)n1. The van der Waals surface area contributed by atoms with E-state index in [1.165, 1.54) is 19.3 Å². The fourth-order valence-corrected chi connectivity index (χ4v) is 1.06. The average molecular weight is 154 g/mol. The molecular formula is C8H16N3+. The lowest BCUT2D eigenvalue weighted by atomic mass is 10.2. The molecule has 0 atom stereocenters. The van der Waals surface area contributed by atoms with Gasteiger partial charge in [0.1, 0.15) is 13.6 Å². The van der Waals surface area contributed by atoms with Crippen LogP contribution in [-0.2, 0) is 13.6 Å². The van der Waals surface area contributed by atoms with E-state index in [2.05, 4.69) is 12.1 Å². The summed E-state index contributed by atoms with van der Waals surface area (Å²) in [4.78, 5) is 0. The van der Waals surface area contributed by atoms with E-state index in [1.807, 2.05) is 28.8 Å². The van der Waals surface area contributed by atoms with Crippen LogP contribution in [0, 0.1) is 0 Å². The van der Waals surface area contributed by atoms with Crippen LogP contribution in [0.25, 0.3) is 0 Å². The highest BCUT2D eigenvalue weighted by molar-refractivity contribution is 4.57. The lowest BCUT2D eigenvalue weighted by Gasteiger charge is -1.91. The molecule has 1 rings (SSSR count). The molecule has 0 aliphatic rings. The average Bonchev–Trinajstić information content (AvgIpc) is 2.37. The fraction of sp³-hybridized carbons (Fsp3) is 0.750. The second kappa shape index (κ2) is 4.11. The molecule has 0 unspecified atom stereocenters. The van der Waals surface area contributed by atoms with E-state index in [-0.39, 0.29) is 0 Å². The predicted octanol–water partition coefficient (Wildman–Crippen LogP) is 0.898. The number of hydrogen-bond acceptors (Lipinski definition) is 1. The molecule has 62 valence electrons. The first-order valence-corrected chi connectivity index (χ1v) is 4.22. The van der Waals surface area contributed by atoms with Gasteiger partial charge in [-0.1, -0.05) is 13.3 Å². The normalized spacial score (nSPS) is 10.4. The summed E-state index contributed by atoms with van der Waals surface area (Å²) < 4.78 is 3.81. The van der Waals surface area contributed by atoms with E-state index in [9.17, 15) is 0 Å². The maximum Gasteiger partial charge on any atom is 0.155 e. The van der Waals surface area contributed by atoms with Gasteiger partial charge in [0.25, 0.3) is 0 Å². The van der Waals surface area contributed by atoms with Gasteiger partial charge >= 0.3 is 0 Å². The van der Waals surface area contributed by atoms with Crippen molar-refractivity contribution < 1.29 is 4.68 Å². The molecule has 0 N–H and O–H groups in total. The summed E-state index contributed by atoms with van der Waals surface area (Å²) in [5, 5.41) is 4.22. The van der Waals surface area contributed by atoms with Crippen LogP contribution in [0.3, 0.4) is 0 Å².